The zero-order valence-electron chi connectivity index (χ0n) is 67.2. The van der Waals surface area contributed by atoms with Crippen molar-refractivity contribution in [1.82, 2.24) is 10.6 Å². The fourth-order valence-corrected chi connectivity index (χ4v) is 15.0. The summed E-state index contributed by atoms with van der Waals surface area (Å²) in [6, 6.07) is -2.62. The number of aliphatic carboxylic acids is 1. The predicted octanol–water partition coefficient (Wildman–Crippen LogP) is 12.9. The van der Waals surface area contributed by atoms with Crippen LogP contribution in [0.4, 0.5) is 0 Å². The van der Waals surface area contributed by atoms with Crippen LogP contribution in [0.25, 0.3) is 0 Å². The van der Waals surface area contributed by atoms with E-state index in [1.54, 1.807) is 6.08 Å². The highest BCUT2D eigenvalue weighted by molar-refractivity contribution is 5.77. The van der Waals surface area contributed by atoms with Crippen molar-refractivity contribution in [3.05, 3.63) is 36.5 Å². The second-order valence-corrected chi connectivity index (χ2v) is 31.4. The molecule has 632 valence electrons. The van der Waals surface area contributed by atoms with Crippen LogP contribution in [0.2, 0.25) is 0 Å². The topological polar surface area (TPSA) is 373 Å². The molecule has 18 unspecified atom stereocenters. The van der Waals surface area contributed by atoms with Crippen LogP contribution in [0.3, 0.4) is 0 Å². The maximum Gasteiger partial charge on any atom is 0.364 e. The highest BCUT2D eigenvalue weighted by atomic mass is 16.8. The molecule has 108 heavy (non-hydrogen) atoms. The van der Waals surface area contributed by atoms with Gasteiger partial charge in [-0.25, -0.2) is 4.79 Å². The van der Waals surface area contributed by atoms with E-state index < -0.39 is 155 Å². The van der Waals surface area contributed by atoms with Gasteiger partial charge in [0.1, 0.15) is 67.1 Å². The molecule has 0 aromatic carbocycles. The molecule has 0 aromatic heterocycles. The summed E-state index contributed by atoms with van der Waals surface area (Å²) >= 11 is 0. The average molecular weight is 1540 g/mol. The third-order valence-electron chi connectivity index (χ3n) is 21.8. The molecule has 2 amide bonds. The number of allylic oxidation sites excluding steroid dienone is 5. The van der Waals surface area contributed by atoms with Gasteiger partial charge < -0.3 is 100 Å². The molecule has 0 aliphatic carbocycles. The number of hydrogen-bond acceptors (Lipinski definition) is 20. The molecule has 0 aromatic rings. The van der Waals surface area contributed by atoms with Gasteiger partial charge in [0.05, 0.1) is 50.7 Å². The minimum absolute atomic E-state index is 0.202. The molecule has 3 saturated heterocycles. The van der Waals surface area contributed by atoms with Crippen molar-refractivity contribution >= 4 is 17.8 Å². The van der Waals surface area contributed by atoms with E-state index in [2.05, 4.69) is 48.8 Å². The second-order valence-electron chi connectivity index (χ2n) is 31.4. The molecule has 3 aliphatic heterocycles. The fourth-order valence-electron chi connectivity index (χ4n) is 15.0. The van der Waals surface area contributed by atoms with Gasteiger partial charge in [0.2, 0.25) is 11.8 Å². The number of carbonyl (C=O) groups is 3. The smallest absolute Gasteiger partial charge is 0.364 e. The summed E-state index contributed by atoms with van der Waals surface area (Å²) in [5, 5.41) is 137. The number of ether oxygens (including phenoxy) is 6. The van der Waals surface area contributed by atoms with E-state index in [-0.39, 0.29) is 12.3 Å². The summed E-state index contributed by atoms with van der Waals surface area (Å²) < 4.78 is 34.9. The van der Waals surface area contributed by atoms with Gasteiger partial charge in [-0.15, -0.1) is 0 Å². The van der Waals surface area contributed by atoms with E-state index in [0.29, 0.717) is 12.8 Å². The molecule has 18 atom stereocenters. The Morgan fingerprint density at radius 3 is 1.31 bits per heavy atom. The van der Waals surface area contributed by atoms with Gasteiger partial charge in [-0.1, -0.05) is 314 Å². The lowest BCUT2D eigenvalue weighted by atomic mass is 9.88. The van der Waals surface area contributed by atoms with Gasteiger partial charge in [0.25, 0.3) is 5.79 Å². The molecule has 0 radical (unpaired) electrons. The number of amides is 2. The largest absolute Gasteiger partial charge is 0.477 e. The molecule has 0 saturated carbocycles. The quantitative estimate of drug-likeness (QED) is 0.0199. The molecule has 23 heteroatoms. The van der Waals surface area contributed by atoms with Gasteiger partial charge in [0.15, 0.2) is 12.6 Å². The van der Waals surface area contributed by atoms with Gasteiger partial charge in [-0.3, -0.25) is 9.59 Å². The van der Waals surface area contributed by atoms with Crippen molar-refractivity contribution < 1.29 is 104 Å². The Bertz CT molecular complexity index is 2290. The molecule has 3 aliphatic rings. The molecule has 3 heterocycles. The van der Waals surface area contributed by atoms with E-state index in [4.69, 9.17) is 28.4 Å². The van der Waals surface area contributed by atoms with E-state index >= 15 is 0 Å². The minimum Gasteiger partial charge on any atom is -0.477 e. The Morgan fingerprint density at radius 2 is 0.898 bits per heavy atom. The van der Waals surface area contributed by atoms with E-state index in [0.717, 1.165) is 58.3 Å². The standard InChI is InChI=1S/C85H156N2O21/c1-4-6-8-10-12-14-16-18-20-22-24-25-26-27-28-29-30-31-32-33-34-35-36-37-38-39-41-43-45-47-49-51-53-55-57-59-72(95)87-66(67(92)58-56-54-52-50-48-46-44-42-40-23-21-19-17-15-13-11-9-7-5-2)64-103-82-77(99)76(98)79(71(63-90)105-82)106-83-78(100)81(75(97)70(62-89)104-83)108-85(84(101)102)60-68(93)73(86-65(3)91)80(107-85)74(96)69(94)61-88/h26-27,29-30,56,58,66-71,73-83,88-90,92-94,96-100H,4-25,28,31-55,57,59-64H2,1-3H3,(H,86,91)(H,87,95)(H,101,102)/b27-26-,30-29-,58-56+. The van der Waals surface area contributed by atoms with Crippen LogP contribution in [0, 0.1) is 0 Å². The molecular weight excluding hydrogens is 1380 g/mol. The average Bonchev–Trinajstić information content (AvgIpc) is 0.754. The highest BCUT2D eigenvalue weighted by Crippen LogP contribution is 2.39. The number of nitrogens with one attached hydrogen (secondary N) is 2. The molecule has 3 rings (SSSR count). The molecule has 14 N–H and O–H groups in total. The summed E-state index contributed by atoms with van der Waals surface area (Å²) in [6.07, 6.45) is 44.8. The molecule has 23 nitrogen and oxygen atoms in total. The van der Waals surface area contributed by atoms with Crippen molar-refractivity contribution in [2.24, 2.45) is 0 Å². The molecule has 0 bridgehead atoms. The fraction of sp³-hybridized carbons (Fsp3) is 0.894. The summed E-state index contributed by atoms with van der Waals surface area (Å²) in [5.74, 6) is -6.14. The third kappa shape index (κ3) is 42.4. The number of hydrogen-bond donors (Lipinski definition) is 14. The van der Waals surface area contributed by atoms with Crippen LogP contribution in [-0.2, 0) is 42.8 Å². The van der Waals surface area contributed by atoms with Crippen LogP contribution in [0.1, 0.15) is 348 Å². The van der Waals surface area contributed by atoms with Crippen molar-refractivity contribution in [2.75, 3.05) is 26.4 Å². The first-order chi connectivity index (χ1) is 52.4. The molecular formula is C85H156N2O21. The number of unbranched alkanes of at least 4 members (excludes halogenated alkanes) is 45. The highest BCUT2D eigenvalue weighted by Gasteiger charge is 2.60. The third-order valence-corrected chi connectivity index (χ3v) is 21.8. The van der Waals surface area contributed by atoms with Crippen LogP contribution >= 0.6 is 0 Å². The zero-order valence-corrected chi connectivity index (χ0v) is 67.2. The SMILES string of the molecule is CCCCCCCCCCCCC/C=C\C/C=C\CCCCCCCCCCCCCCCCCCCC(=O)NC(COC1OC(CO)C(OC2OC(CO)C(O)C(OC3(C(=O)O)CC(O)C(NC(C)=O)C(C(O)C(O)CO)O3)C2O)C(O)C1O)C(O)/C=C/CCCCCCCCCCCCCCCCCCC. The van der Waals surface area contributed by atoms with Crippen LogP contribution < -0.4 is 10.6 Å². The zero-order chi connectivity index (χ0) is 78.8. The van der Waals surface area contributed by atoms with Crippen molar-refractivity contribution in [3.8, 4) is 0 Å². The van der Waals surface area contributed by atoms with E-state index in [1.165, 1.54) is 250 Å². The lowest BCUT2D eigenvalue weighted by Crippen LogP contribution is -2.70. The van der Waals surface area contributed by atoms with Crippen LogP contribution in [0.15, 0.2) is 36.5 Å². The van der Waals surface area contributed by atoms with Gasteiger partial charge in [-0.2, -0.15) is 0 Å². The first-order valence-corrected chi connectivity index (χ1v) is 43.4. The number of carboxylic acids is 1. The number of aliphatic hydroxyl groups is 11. The normalized spacial score (nSPS) is 26.0. The van der Waals surface area contributed by atoms with Crippen LogP contribution in [0.5, 0.6) is 0 Å². The maximum absolute atomic E-state index is 13.6. The predicted molar refractivity (Wildman–Crippen MR) is 421 cm³/mol. The number of carbonyl (C=O) groups excluding carboxylic acids is 2. The Hall–Kier alpha value is -3.05. The van der Waals surface area contributed by atoms with E-state index in [9.17, 15) is 75.7 Å². The summed E-state index contributed by atoms with van der Waals surface area (Å²) in [4.78, 5) is 38.7. The van der Waals surface area contributed by atoms with Gasteiger partial charge >= 0.3 is 5.97 Å². The van der Waals surface area contributed by atoms with E-state index in [1.807, 2.05) is 6.08 Å². The Labute approximate surface area is 650 Å². The molecule has 0 spiro atoms. The minimum atomic E-state index is -3.08. The number of aliphatic hydroxyl groups excluding tert-OH is 11. The number of rotatable bonds is 69. The Kier molecular flexibility index (Phi) is 58.1. The summed E-state index contributed by atoms with van der Waals surface area (Å²) in [6.45, 7) is 2.19. The Morgan fingerprint density at radius 1 is 0.491 bits per heavy atom. The van der Waals surface area contributed by atoms with Crippen molar-refractivity contribution in [3.63, 3.8) is 0 Å². The lowest BCUT2D eigenvalue weighted by molar-refractivity contribution is -0.386. The van der Waals surface area contributed by atoms with Gasteiger partial charge in [0, 0.05) is 19.8 Å². The maximum atomic E-state index is 13.6. The van der Waals surface area contributed by atoms with Crippen molar-refractivity contribution in [2.45, 2.75) is 458 Å². The second kappa shape index (κ2) is 63.3. The lowest BCUT2D eigenvalue weighted by Gasteiger charge is -2.50. The number of carboxylic acid groups (broad SMARTS) is 1. The first kappa shape index (κ1) is 99.1. The summed E-state index contributed by atoms with van der Waals surface area (Å²) in [7, 11) is 0. The first-order valence-electron chi connectivity index (χ1n) is 43.4. The van der Waals surface area contributed by atoms with Crippen LogP contribution in [-0.4, -0.2) is 215 Å². The summed E-state index contributed by atoms with van der Waals surface area (Å²) in [5.41, 5.74) is 0. The monoisotopic (exact) mass is 1540 g/mol. The molecule has 3 fully saturated rings. The van der Waals surface area contributed by atoms with Gasteiger partial charge in [-0.05, 0) is 51.4 Å². The van der Waals surface area contributed by atoms with Crippen molar-refractivity contribution in [1.29, 1.82) is 0 Å². The Balaban J connectivity index is 1.45.